The van der Waals surface area contributed by atoms with E-state index < -0.39 is 0 Å². The molecule has 2 aromatic rings. The highest BCUT2D eigenvalue weighted by molar-refractivity contribution is 5.39. The van der Waals surface area contributed by atoms with Crippen LogP contribution >= 0.6 is 0 Å². The average molecular weight is 261 g/mol. The molecule has 104 valence electrons. The van der Waals surface area contributed by atoms with Crippen LogP contribution in [0.15, 0.2) is 18.6 Å². The van der Waals surface area contributed by atoms with Gasteiger partial charge in [-0.2, -0.15) is 10.2 Å². The first-order valence-corrected chi connectivity index (χ1v) is 6.80. The van der Waals surface area contributed by atoms with Gasteiger partial charge < -0.3 is 5.32 Å². The molecular weight excluding hydrogens is 238 g/mol. The maximum Gasteiger partial charge on any atom is 0.0729 e. The van der Waals surface area contributed by atoms with Crippen LogP contribution in [0.3, 0.4) is 0 Å². The average Bonchev–Trinajstić information content (AvgIpc) is 2.93. The van der Waals surface area contributed by atoms with Crippen molar-refractivity contribution in [2.45, 2.75) is 53.2 Å². The summed E-state index contributed by atoms with van der Waals surface area (Å²) in [4.78, 5) is 0. The van der Waals surface area contributed by atoms with Crippen molar-refractivity contribution < 1.29 is 0 Å². The summed E-state index contributed by atoms with van der Waals surface area (Å²) in [5.74, 6) is 0. The highest BCUT2D eigenvalue weighted by Gasteiger charge is 2.09. The summed E-state index contributed by atoms with van der Waals surface area (Å²) >= 11 is 0. The van der Waals surface area contributed by atoms with Crippen molar-refractivity contribution in [3.63, 3.8) is 0 Å². The summed E-state index contributed by atoms with van der Waals surface area (Å²) in [5, 5.41) is 12.1. The Morgan fingerprint density at radius 2 is 1.84 bits per heavy atom. The molecule has 1 N–H and O–H groups in total. The smallest absolute Gasteiger partial charge is 0.0729 e. The minimum Gasteiger partial charge on any atom is -0.378 e. The number of nitrogens with one attached hydrogen (secondary N) is 1. The van der Waals surface area contributed by atoms with Crippen LogP contribution in [-0.2, 0) is 6.54 Å². The van der Waals surface area contributed by atoms with Gasteiger partial charge in [0.2, 0.25) is 0 Å². The molecule has 0 saturated carbocycles. The molecular formula is C14H23N5. The summed E-state index contributed by atoms with van der Waals surface area (Å²) in [5.41, 5.74) is 3.50. The predicted octanol–water partition coefficient (Wildman–Crippen LogP) is 3.16. The van der Waals surface area contributed by atoms with Crippen LogP contribution in [0.5, 0.6) is 0 Å². The third-order valence-corrected chi connectivity index (χ3v) is 3.25. The Labute approximate surface area is 114 Å². The van der Waals surface area contributed by atoms with E-state index >= 15 is 0 Å². The molecule has 0 aliphatic carbocycles. The van der Waals surface area contributed by atoms with Gasteiger partial charge in [-0.3, -0.25) is 9.36 Å². The topological polar surface area (TPSA) is 47.7 Å². The van der Waals surface area contributed by atoms with E-state index in [9.17, 15) is 0 Å². The molecule has 2 aromatic heterocycles. The van der Waals surface area contributed by atoms with Gasteiger partial charge >= 0.3 is 0 Å². The standard InChI is InChI=1S/C14H23N5/c1-10(2)18-9-14(8-16-18)15-6-13-7-17-19(11(3)4)12(13)5/h7-11,15H,6H2,1-5H3. The molecule has 5 nitrogen and oxygen atoms in total. The molecule has 2 heterocycles. The summed E-state index contributed by atoms with van der Waals surface area (Å²) in [6.07, 6.45) is 5.84. The lowest BCUT2D eigenvalue weighted by atomic mass is 10.2. The zero-order chi connectivity index (χ0) is 14.0. The normalized spacial score (nSPS) is 11.5. The monoisotopic (exact) mass is 261 g/mol. The number of anilines is 1. The van der Waals surface area contributed by atoms with E-state index in [1.165, 1.54) is 11.3 Å². The highest BCUT2D eigenvalue weighted by Crippen LogP contribution is 2.15. The molecule has 0 saturated heterocycles. The molecule has 0 radical (unpaired) electrons. The molecule has 0 aliphatic heterocycles. The van der Waals surface area contributed by atoms with Crippen molar-refractivity contribution in [3.05, 3.63) is 29.8 Å². The molecule has 19 heavy (non-hydrogen) atoms. The van der Waals surface area contributed by atoms with Crippen LogP contribution in [0.2, 0.25) is 0 Å². The molecule has 0 aromatic carbocycles. The molecule has 0 aliphatic rings. The number of rotatable bonds is 5. The van der Waals surface area contributed by atoms with Gasteiger partial charge in [-0.15, -0.1) is 0 Å². The van der Waals surface area contributed by atoms with Crippen LogP contribution in [0.4, 0.5) is 5.69 Å². The molecule has 2 rings (SSSR count). The Kier molecular flexibility index (Phi) is 3.93. The fraction of sp³-hybridized carbons (Fsp3) is 0.571. The van der Waals surface area contributed by atoms with E-state index in [1.807, 2.05) is 23.3 Å². The van der Waals surface area contributed by atoms with Crippen LogP contribution in [0.1, 0.15) is 51.0 Å². The lowest BCUT2D eigenvalue weighted by Gasteiger charge is -2.09. The summed E-state index contributed by atoms with van der Waals surface area (Å²) in [7, 11) is 0. The molecule has 0 unspecified atom stereocenters. The highest BCUT2D eigenvalue weighted by atomic mass is 15.3. The van der Waals surface area contributed by atoms with Gasteiger partial charge in [0.1, 0.15) is 0 Å². The molecule has 0 atom stereocenters. The number of hydrogen-bond acceptors (Lipinski definition) is 3. The quantitative estimate of drug-likeness (QED) is 0.899. The number of nitrogens with zero attached hydrogens (tertiary/aromatic N) is 4. The van der Waals surface area contributed by atoms with Gasteiger partial charge in [-0.1, -0.05) is 0 Å². The van der Waals surface area contributed by atoms with Crippen molar-refractivity contribution in [2.24, 2.45) is 0 Å². The van der Waals surface area contributed by atoms with Crippen LogP contribution in [-0.4, -0.2) is 19.6 Å². The fourth-order valence-corrected chi connectivity index (χ4v) is 2.06. The first-order chi connectivity index (χ1) is 8.99. The summed E-state index contributed by atoms with van der Waals surface area (Å²) in [6, 6.07) is 0.790. The van der Waals surface area contributed by atoms with Gasteiger partial charge in [-0.05, 0) is 34.6 Å². The number of aromatic nitrogens is 4. The minimum atomic E-state index is 0.390. The SMILES string of the molecule is Cc1c(CNc2cnn(C(C)C)c2)cnn1C(C)C. The van der Waals surface area contributed by atoms with E-state index in [2.05, 4.69) is 54.8 Å². The van der Waals surface area contributed by atoms with Crippen LogP contribution in [0.25, 0.3) is 0 Å². The van der Waals surface area contributed by atoms with E-state index in [0.29, 0.717) is 12.1 Å². The zero-order valence-corrected chi connectivity index (χ0v) is 12.4. The molecule has 0 bridgehead atoms. The van der Waals surface area contributed by atoms with Gasteiger partial charge in [-0.25, -0.2) is 0 Å². The van der Waals surface area contributed by atoms with Crippen molar-refractivity contribution in [1.82, 2.24) is 19.6 Å². The molecule has 0 spiro atoms. The Balaban J connectivity index is 2.02. The van der Waals surface area contributed by atoms with Gasteiger partial charge in [0.25, 0.3) is 0 Å². The fourth-order valence-electron chi connectivity index (χ4n) is 2.06. The van der Waals surface area contributed by atoms with E-state index in [4.69, 9.17) is 0 Å². The van der Waals surface area contributed by atoms with Crippen LogP contribution < -0.4 is 5.32 Å². The maximum atomic E-state index is 4.42. The van der Waals surface area contributed by atoms with E-state index in [0.717, 1.165) is 12.2 Å². The third-order valence-electron chi connectivity index (χ3n) is 3.25. The summed E-state index contributed by atoms with van der Waals surface area (Å²) in [6.45, 7) is 11.4. The van der Waals surface area contributed by atoms with Crippen molar-refractivity contribution in [2.75, 3.05) is 5.32 Å². The largest absolute Gasteiger partial charge is 0.378 e. The first-order valence-electron chi connectivity index (χ1n) is 6.80. The third kappa shape index (κ3) is 2.97. The van der Waals surface area contributed by atoms with Crippen molar-refractivity contribution in [1.29, 1.82) is 0 Å². The second-order valence-electron chi connectivity index (χ2n) is 5.45. The Morgan fingerprint density at radius 1 is 1.11 bits per heavy atom. The molecule has 0 fully saturated rings. The van der Waals surface area contributed by atoms with Crippen molar-refractivity contribution in [3.8, 4) is 0 Å². The molecule has 0 amide bonds. The van der Waals surface area contributed by atoms with Gasteiger partial charge in [0.15, 0.2) is 0 Å². The van der Waals surface area contributed by atoms with Crippen LogP contribution in [0, 0.1) is 6.92 Å². The minimum absolute atomic E-state index is 0.390. The predicted molar refractivity (Wildman–Crippen MR) is 77.3 cm³/mol. The van der Waals surface area contributed by atoms with E-state index in [-0.39, 0.29) is 0 Å². The van der Waals surface area contributed by atoms with E-state index in [1.54, 1.807) is 0 Å². The first kappa shape index (κ1) is 13.6. The second kappa shape index (κ2) is 5.47. The Morgan fingerprint density at radius 3 is 2.37 bits per heavy atom. The number of hydrogen-bond donors (Lipinski definition) is 1. The van der Waals surface area contributed by atoms with Crippen molar-refractivity contribution >= 4 is 5.69 Å². The Bertz CT molecular complexity index is 536. The Hall–Kier alpha value is -1.78. The second-order valence-corrected chi connectivity index (χ2v) is 5.45. The zero-order valence-electron chi connectivity index (χ0n) is 12.4. The summed E-state index contributed by atoms with van der Waals surface area (Å²) < 4.78 is 4.00. The lowest BCUT2D eigenvalue weighted by Crippen LogP contribution is -2.06. The van der Waals surface area contributed by atoms with Gasteiger partial charge in [0.05, 0.1) is 18.1 Å². The molecule has 5 heteroatoms. The maximum absolute atomic E-state index is 4.42. The van der Waals surface area contributed by atoms with Gasteiger partial charge in [0, 0.05) is 36.1 Å². The lowest BCUT2D eigenvalue weighted by molar-refractivity contribution is 0.518.